The molecule has 1 atom stereocenters. The topological polar surface area (TPSA) is 65.5 Å². The third-order valence-electron chi connectivity index (χ3n) is 3.93. The molecule has 2 rings (SSSR count). The second kappa shape index (κ2) is 6.70. The molecule has 1 unspecified atom stereocenters. The molecule has 5 heteroatoms. The van der Waals surface area contributed by atoms with Crippen molar-refractivity contribution < 1.29 is 19.1 Å². The molecule has 0 bridgehead atoms. The Hall–Kier alpha value is -1.91. The van der Waals surface area contributed by atoms with E-state index >= 15 is 0 Å². The molecule has 0 aromatic carbocycles. The maximum absolute atomic E-state index is 12.4. The SMILES string of the molecule is CCOC(=O)C1(Cc2cccc(OC)n2)CCCCC1=O. The van der Waals surface area contributed by atoms with E-state index < -0.39 is 11.4 Å². The van der Waals surface area contributed by atoms with Gasteiger partial charge in [0.05, 0.1) is 13.7 Å². The summed E-state index contributed by atoms with van der Waals surface area (Å²) in [5.74, 6) is 0.0332. The van der Waals surface area contributed by atoms with E-state index in [0.717, 1.165) is 12.8 Å². The highest BCUT2D eigenvalue weighted by Crippen LogP contribution is 2.37. The first-order chi connectivity index (χ1) is 10.1. The number of pyridine rings is 1. The van der Waals surface area contributed by atoms with E-state index in [4.69, 9.17) is 9.47 Å². The molecule has 0 N–H and O–H groups in total. The molecule has 1 aliphatic carbocycles. The summed E-state index contributed by atoms with van der Waals surface area (Å²) < 4.78 is 10.3. The van der Waals surface area contributed by atoms with Gasteiger partial charge in [-0.05, 0) is 25.8 Å². The van der Waals surface area contributed by atoms with Gasteiger partial charge < -0.3 is 9.47 Å². The van der Waals surface area contributed by atoms with Gasteiger partial charge in [-0.3, -0.25) is 9.59 Å². The number of aromatic nitrogens is 1. The first-order valence-electron chi connectivity index (χ1n) is 7.33. The van der Waals surface area contributed by atoms with E-state index in [1.165, 1.54) is 0 Å². The third kappa shape index (κ3) is 3.23. The number of carbonyl (C=O) groups is 2. The fourth-order valence-electron chi connectivity index (χ4n) is 2.81. The minimum atomic E-state index is -1.08. The van der Waals surface area contributed by atoms with E-state index in [1.807, 2.05) is 12.1 Å². The number of nitrogens with zero attached hydrogens (tertiary/aromatic N) is 1. The van der Waals surface area contributed by atoms with Crippen LogP contribution in [0.15, 0.2) is 18.2 Å². The molecule has 1 aliphatic rings. The highest BCUT2D eigenvalue weighted by atomic mass is 16.5. The van der Waals surface area contributed by atoms with Gasteiger partial charge in [0.1, 0.15) is 5.41 Å². The Kier molecular flexibility index (Phi) is 4.94. The van der Waals surface area contributed by atoms with Gasteiger partial charge in [-0.2, -0.15) is 0 Å². The zero-order valence-electron chi connectivity index (χ0n) is 12.6. The molecule has 1 saturated carbocycles. The summed E-state index contributed by atoms with van der Waals surface area (Å²) in [5, 5.41) is 0. The van der Waals surface area contributed by atoms with E-state index in [9.17, 15) is 9.59 Å². The van der Waals surface area contributed by atoms with E-state index in [1.54, 1.807) is 20.1 Å². The first kappa shape index (κ1) is 15.5. The van der Waals surface area contributed by atoms with E-state index in [2.05, 4.69) is 4.98 Å². The maximum atomic E-state index is 12.4. The van der Waals surface area contributed by atoms with E-state index in [-0.39, 0.29) is 18.8 Å². The lowest BCUT2D eigenvalue weighted by molar-refractivity contribution is -0.162. The molecule has 1 aromatic heterocycles. The maximum Gasteiger partial charge on any atom is 0.320 e. The standard InChI is InChI=1S/C16H21NO4/c1-3-21-15(19)16(10-5-4-8-13(16)18)11-12-7-6-9-14(17-12)20-2/h6-7,9H,3-5,8,10-11H2,1-2H3. The lowest BCUT2D eigenvalue weighted by Crippen LogP contribution is -2.44. The Morgan fingerprint density at radius 3 is 2.86 bits per heavy atom. The summed E-state index contributed by atoms with van der Waals surface area (Å²) in [5.41, 5.74) is -0.397. The van der Waals surface area contributed by atoms with Crippen LogP contribution in [0.3, 0.4) is 0 Å². The number of hydrogen-bond acceptors (Lipinski definition) is 5. The molecule has 114 valence electrons. The van der Waals surface area contributed by atoms with Crippen molar-refractivity contribution in [3.63, 3.8) is 0 Å². The van der Waals surface area contributed by atoms with Crippen LogP contribution in [0, 0.1) is 5.41 Å². The van der Waals surface area contributed by atoms with Gasteiger partial charge >= 0.3 is 5.97 Å². The van der Waals surface area contributed by atoms with Crippen molar-refractivity contribution in [2.45, 2.75) is 39.0 Å². The molecule has 1 heterocycles. The molecular weight excluding hydrogens is 270 g/mol. The molecule has 0 radical (unpaired) electrons. The molecule has 0 saturated heterocycles. The lowest BCUT2D eigenvalue weighted by Gasteiger charge is -2.33. The Labute approximate surface area is 124 Å². The number of ketones is 1. The predicted molar refractivity (Wildman–Crippen MR) is 77.0 cm³/mol. The number of methoxy groups -OCH3 is 1. The monoisotopic (exact) mass is 291 g/mol. The number of carbonyl (C=O) groups excluding carboxylic acids is 2. The molecule has 1 aromatic rings. The van der Waals surface area contributed by atoms with Crippen LogP contribution >= 0.6 is 0 Å². The average molecular weight is 291 g/mol. The molecule has 0 aliphatic heterocycles. The van der Waals surface area contributed by atoms with Gasteiger partial charge in [-0.25, -0.2) is 4.98 Å². The summed E-state index contributed by atoms with van der Waals surface area (Å²) in [4.78, 5) is 29.1. The fraction of sp³-hybridized carbons (Fsp3) is 0.562. The minimum Gasteiger partial charge on any atom is -0.481 e. The van der Waals surface area contributed by atoms with Crippen LogP contribution in [-0.2, 0) is 20.7 Å². The van der Waals surface area contributed by atoms with Crippen LogP contribution in [0.2, 0.25) is 0 Å². The third-order valence-corrected chi connectivity index (χ3v) is 3.93. The van der Waals surface area contributed by atoms with Crippen molar-refractivity contribution in [1.82, 2.24) is 4.98 Å². The average Bonchev–Trinajstić information content (AvgIpc) is 2.50. The van der Waals surface area contributed by atoms with Gasteiger partial charge in [0.25, 0.3) is 0 Å². The highest BCUT2D eigenvalue weighted by Gasteiger charge is 2.48. The molecular formula is C16H21NO4. The fourth-order valence-corrected chi connectivity index (χ4v) is 2.81. The summed E-state index contributed by atoms with van der Waals surface area (Å²) in [7, 11) is 1.54. The Morgan fingerprint density at radius 1 is 1.38 bits per heavy atom. The summed E-state index contributed by atoms with van der Waals surface area (Å²) in [6.45, 7) is 2.03. The van der Waals surface area contributed by atoms with Crippen molar-refractivity contribution >= 4 is 11.8 Å². The van der Waals surface area contributed by atoms with Crippen molar-refractivity contribution in [3.05, 3.63) is 23.9 Å². The van der Waals surface area contributed by atoms with E-state index in [0.29, 0.717) is 24.4 Å². The number of esters is 1. The quantitative estimate of drug-likeness (QED) is 0.615. The van der Waals surface area contributed by atoms with Gasteiger partial charge in [0.2, 0.25) is 5.88 Å². The molecule has 0 spiro atoms. The van der Waals surface area contributed by atoms with Crippen LogP contribution in [0.1, 0.15) is 38.3 Å². The summed E-state index contributed by atoms with van der Waals surface area (Å²) in [6, 6.07) is 5.36. The number of rotatable bonds is 5. The number of ether oxygens (including phenoxy) is 2. The molecule has 5 nitrogen and oxygen atoms in total. The Balaban J connectivity index is 2.31. The van der Waals surface area contributed by atoms with Gasteiger partial charge in [-0.1, -0.05) is 12.5 Å². The van der Waals surface area contributed by atoms with Gasteiger partial charge in [-0.15, -0.1) is 0 Å². The molecule has 21 heavy (non-hydrogen) atoms. The van der Waals surface area contributed by atoms with Gasteiger partial charge in [0.15, 0.2) is 5.78 Å². The van der Waals surface area contributed by atoms with Crippen molar-refractivity contribution in [2.24, 2.45) is 5.41 Å². The summed E-state index contributed by atoms with van der Waals surface area (Å²) in [6.07, 6.45) is 2.94. The van der Waals surface area contributed by atoms with Crippen LogP contribution in [0.25, 0.3) is 0 Å². The Bertz CT molecular complexity index is 529. The zero-order valence-corrected chi connectivity index (χ0v) is 12.6. The number of Topliss-reactive ketones (excluding diaryl/α,β-unsaturated/α-hetero) is 1. The largest absolute Gasteiger partial charge is 0.481 e. The first-order valence-corrected chi connectivity index (χ1v) is 7.33. The zero-order chi connectivity index (χ0) is 15.3. The van der Waals surface area contributed by atoms with Crippen molar-refractivity contribution in [2.75, 3.05) is 13.7 Å². The van der Waals surface area contributed by atoms with Crippen molar-refractivity contribution in [1.29, 1.82) is 0 Å². The number of hydrogen-bond donors (Lipinski definition) is 0. The predicted octanol–water partition coefficient (Wildman–Crippen LogP) is 2.33. The van der Waals surface area contributed by atoms with Crippen LogP contribution in [-0.4, -0.2) is 30.5 Å². The van der Waals surface area contributed by atoms with Crippen LogP contribution in [0.5, 0.6) is 5.88 Å². The Morgan fingerprint density at radius 2 is 2.19 bits per heavy atom. The second-order valence-corrected chi connectivity index (χ2v) is 5.28. The smallest absolute Gasteiger partial charge is 0.320 e. The van der Waals surface area contributed by atoms with Gasteiger partial charge in [0, 0.05) is 24.6 Å². The normalized spacial score (nSPS) is 21.9. The van der Waals surface area contributed by atoms with Crippen molar-refractivity contribution in [3.8, 4) is 5.88 Å². The van der Waals surface area contributed by atoms with Crippen LogP contribution in [0.4, 0.5) is 0 Å². The lowest BCUT2D eigenvalue weighted by atomic mass is 9.70. The minimum absolute atomic E-state index is 0.0307. The molecule has 0 amide bonds. The van der Waals surface area contributed by atoms with Crippen LogP contribution < -0.4 is 4.74 Å². The molecule has 1 fully saturated rings. The summed E-state index contributed by atoms with van der Waals surface area (Å²) >= 11 is 0. The highest BCUT2D eigenvalue weighted by molar-refractivity contribution is 6.04. The second-order valence-electron chi connectivity index (χ2n) is 5.28.